The van der Waals surface area contributed by atoms with Crippen molar-refractivity contribution in [2.75, 3.05) is 26.3 Å². The van der Waals surface area contributed by atoms with Gasteiger partial charge in [-0.2, -0.15) is 0 Å². The van der Waals surface area contributed by atoms with Crippen LogP contribution in [0, 0.1) is 5.92 Å². The molecule has 4 heteroatoms. The van der Waals surface area contributed by atoms with Crippen molar-refractivity contribution in [1.29, 1.82) is 0 Å². The Hall–Kier alpha value is -0.610. The monoisotopic (exact) mass is 240 g/mol. The van der Waals surface area contributed by atoms with Crippen LogP contribution in [0.5, 0.6) is 0 Å². The average Bonchev–Trinajstić information content (AvgIpc) is 3.12. The molecule has 1 saturated carbocycles. The molecule has 2 rings (SSSR count). The van der Waals surface area contributed by atoms with Crippen molar-refractivity contribution in [3.8, 4) is 0 Å². The fourth-order valence-electron chi connectivity index (χ4n) is 2.60. The van der Waals surface area contributed by atoms with Gasteiger partial charge in [0, 0.05) is 18.6 Å². The lowest BCUT2D eigenvalue weighted by molar-refractivity contribution is -0.137. The molecule has 0 bridgehead atoms. The van der Waals surface area contributed by atoms with Crippen LogP contribution in [0.1, 0.15) is 33.6 Å². The van der Waals surface area contributed by atoms with Gasteiger partial charge in [-0.1, -0.05) is 0 Å². The van der Waals surface area contributed by atoms with Gasteiger partial charge < -0.3 is 15.0 Å². The molecule has 1 aliphatic carbocycles. The first kappa shape index (κ1) is 12.8. The van der Waals surface area contributed by atoms with E-state index in [2.05, 4.69) is 19.2 Å². The zero-order chi connectivity index (χ0) is 12.5. The number of carbonyl (C=O) groups is 1. The van der Waals surface area contributed by atoms with Gasteiger partial charge in [0.25, 0.3) is 0 Å². The third-order valence-electron chi connectivity index (χ3n) is 3.88. The zero-order valence-electron chi connectivity index (χ0n) is 11.2. The minimum Gasteiger partial charge on any atom is -0.378 e. The van der Waals surface area contributed by atoms with Gasteiger partial charge in [-0.25, -0.2) is 0 Å². The van der Waals surface area contributed by atoms with E-state index in [-0.39, 0.29) is 17.5 Å². The normalized spacial score (nSPS) is 23.6. The van der Waals surface area contributed by atoms with Crippen LogP contribution in [0.3, 0.4) is 0 Å². The first-order chi connectivity index (χ1) is 8.00. The molecule has 1 unspecified atom stereocenters. The first-order valence-electron chi connectivity index (χ1n) is 6.65. The van der Waals surface area contributed by atoms with Gasteiger partial charge in [0.15, 0.2) is 0 Å². The molecule has 1 amide bonds. The third kappa shape index (κ3) is 3.19. The van der Waals surface area contributed by atoms with E-state index in [1.807, 2.05) is 11.8 Å². The van der Waals surface area contributed by atoms with E-state index in [1.165, 1.54) is 12.8 Å². The number of nitrogens with zero attached hydrogens (tertiary/aromatic N) is 1. The summed E-state index contributed by atoms with van der Waals surface area (Å²) in [5, 5.41) is 3.48. The Morgan fingerprint density at radius 2 is 1.94 bits per heavy atom. The molecule has 1 N–H and O–H groups in total. The summed E-state index contributed by atoms with van der Waals surface area (Å²) in [6.45, 7) is 9.18. The fourth-order valence-corrected chi connectivity index (χ4v) is 2.60. The van der Waals surface area contributed by atoms with Gasteiger partial charge in [-0.05, 0) is 39.5 Å². The van der Waals surface area contributed by atoms with E-state index < -0.39 is 0 Å². The molecule has 0 aromatic rings. The van der Waals surface area contributed by atoms with Crippen molar-refractivity contribution in [2.45, 2.75) is 45.2 Å². The minimum atomic E-state index is -0.0938. The van der Waals surface area contributed by atoms with E-state index in [9.17, 15) is 4.79 Å². The molecule has 0 radical (unpaired) electrons. The minimum absolute atomic E-state index is 0.0847. The van der Waals surface area contributed by atoms with Crippen molar-refractivity contribution in [2.24, 2.45) is 5.92 Å². The van der Waals surface area contributed by atoms with Gasteiger partial charge in [0.05, 0.1) is 19.3 Å². The summed E-state index contributed by atoms with van der Waals surface area (Å²) in [6.07, 6.45) is 2.58. The van der Waals surface area contributed by atoms with Gasteiger partial charge in [-0.3, -0.25) is 4.79 Å². The Morgan fingerprint density at radius 1 is 1.35 bits per heavy atom. The predicted molar refractivity (Wildman–Crippen MR) is 66.8 cm³/mol. The Kier molecular flexibility index (Phi) is 3.73. The smallest absolute Gasteiger partial charge is 0.239 e. The maximum absolute atomic E-state index is 12.2. The van der Waals surface area contributed by atoms with Crippen LogP contribution in [0.4, 0.5) is 0 Å². The molecule has 1 saturated heterocycles. The maximum atomic E-state index is 12.2. The lowest BCUT2D eigenvalue weighted by Crippen LogP contribution is -2.55. The van der Waals surface area contributed by atoms with Gasteiger partial charge in [0.2, 0.25) is 5.91 Å². The summed E-state index contributed by atoms with van der Waals surface area (Å²) in [4.78, 5) is 14.1. The van der Waals surface area contributed by atoms with E-state index in [0.717, 1.165) is 19.0 Å². The number of morpholine rings is 1. The van der Waals surface area contributed by atoms with Crippen LogP contribution < -0.4 is 5.32 Å². The summed E-state index contributed by atoms with van der Waals surface area (Å²) >= 11 is 0. The quantitative estimate of drug-likeness (QED) is 0.797. The van der Waals surface area contributed by atoms with Crippen LogP contribution in [-0.2, 0) is 9.53 Å². The molecule has 1 atom stereocenters. The number of hydrogen-bond donors (Lipinski definition) is 1. The van der Waals surface area contributed by atoms with E-state index in [1.54, 1.807) is 0 Å². The summed E-state index contributed by atoms with van der Waals surface area (Å²) < 4.78 is 5.26. The Labute approximate surface area is 104 Å². The summed E-state index contributed by atoms with van der Waals surface area (Å²) in [6, 6.07) is -0.0938. The number of ether oxygens (including phenoxy) is 1. The molecule has 0 spiro atoms. The standard InChI is InChI=1S/C13H24N2O2/c1-10(14-13(2,3)11-4-5-11)12(16)15-6-8-17-9-7-15/h10-11,14H,4-9H2,1-3H3. The molecule has 0 aromatic carbocycles. The second-order valence-electron chi connectivity index (χ2n) is 5.80. The lowest BCUT2D eigenvalue weighted by atomic mass is 9.97. The highest BCUT2D eigenvalue weighted by Gasteiger charge is 2.39. The van der Waals surface area contributed by atoms with Crippen molar-refractivity contribution in [1.82, 2.24) is 10.2 Å². The van der Waals surface area contributed by atoms with E-state index in [4.69, 9.17) is 4.74 Å². The molecular formula is C13H24N2O2. The molecule has 0 aromatic heterocycles. The molecule has 2 fully saturated rings. The Balaban J connectivity index is 1.85. The van der Waals surface area contributed by atoms with Crippen LogP contribution in [0.25, 0.3) is 0 Å². The maximum Gasteiger partial charge on any atom is 0.239 e. The van der Waals surface area contributed by atoms with Crippen molar-refractivity contribution in [3.63, 3.8) is 0 Å². The second kappa shape index (κ2) is 4.94. The molecule has 98 valence electrons. The third-order valence-corrected chi connectivity index (χ3v) is 3.88. The topological polar surface area (TPSA) is 41.6 Å². The predicted octanol–water partition coefficient (Wildman–Crippen LogP) is 1.01. The fraction of sp³-hybridized carbons (Fsp3) is 0.923. The molecule has 17 heavy (non-hydrogen) atoms. The molecular weight excluding hydrogens is 216 g/mol. The van der Waals surface area contributed by atoms with Gasteiger partial charge in [-0.15, -0.1) is 0 Å². The Bertz CT molecular complexity index is 281. The Morgan fingerprint density at radius 3 is 2.47 bits per heavy atom. The molecule has 1 heterocycles. The number of nitrogens with one attached hydrogen (secondary N) is 1. The first-order valence-corrected chi connectivity index (χ1v) is 6.65. The summed E-state index contributed by atoms with van der Waals surface area (Å²) in [7, 11) is 0. The van der Waals surface area contributed by atoms with Crippen LogP contribution in [0.15, 0.2) is 0 Å². The van der Waals surface area contributed by atoms with Crippen molar-refractivity contribution < 1.29 is 9.53 Å². The van der Waals surface area contributed by atoms with Crippen LogP contribution >= 0.6 is 0 Å². The van der Waals surface area contributed by atoms with Crippen molar-refractivity contribution in [3.05, 3.63) is 0 Å². The van der Waals surface area contributed by atoms with E-state index >= 15 is 0 Å². The van der Waals surface area contributed by atoms with Gasteiger partial charge in [0.1, 0.15) is 0 Å². The van der Waals surface area contributed by atoms with Crippen LogP contribution in [-0.4, -0.2) is 48.7 Å². The molecule has 1 aliphatic heterocycles. The van der Waals surface area contributed by atoms with Crippen LogP contribution in [0.2, 0.25) is 0 Å². The lowest BCUT2D eigenvalue weighted by Gasteiger charge is -2.34. The summed E-state index contributed by atoms with van der Waals surface area (Å²) in [5.74, 6) is 0.949. The number of hydrogen-bond acceptors (Lipinski definition) is 3. The second-order valence-corrected chi connectivity index (χ2v) is 5.80. The largest absolute Gasteiger partial charge is 0.378 e. The number of rotatable bonds is 4. The number of carbonyl (C=O) groups excluding carboxylic acids is 1. The average molecular weight is 240 g/mol. The SMILES string of the molecule is CC(NC(C)(C)C1CC1)C(=O)N1CCOCC1. The molecule has 4 nitrogen and oxygen atoms in total. The highest BCUT2D eigenvalue weighted by molar-refractivity contribution is 5.81. The summed E-state index contributed by atoms with van der Waals surface area (Å²) in [5.41, 5.74) is 0.0847. The number of amides is 1. The highest BCUT2D eigenvalue weighted by Crippen LogP contribution is 2.39. The van der Waals surface area contributed by atoms with E-state index in [0.29, 0.717) is 13.2 Å². The van der Waals surface area contributed by atoms with Gasteiger partial charge >= 0.3 is 0 Å². The zero-order valence-corrected chi connectivity index (χ0v) is 11.2. The highest BCUT2D eigenvalue weighted by atomic mass is 16.5. The molecule has 2 aliphatic rings. The van der Waals surface area contributed by atoms with Crippen molar-refractivity contribution >= 4 is 5.91 Å².